The van der Waals surface area contributed by atoms with Gasteiger partial charge in [-0.25, -0.2) is 0 Å². The molecule has 0 aromatic rings. The molecule has 0 aromatic heterocycles. The minimum Gasteiger partial charge on any atom is -0.544 e. The van der Waals surface area contributed by atoms with Crippen LogP contribution in [0.15, 0.2) is 72.9 Å². The number of unbranched alkanes of at least 4 members (excludes halogenated alkanes) is 17. The van der Waals surface area contributed by atoms with Gasteiger partial charge in [-0.05, 0) is 77.0 Å². The van der Waals surface area contributed by atoms with Gasteiger partial charge in [0.2, 0.25) is 0 Å². The number of carboxylic acids is 1. The van der Waals surface area contributed by atoms with Crippen LogP contribution in [0.25, 0.3) is 0 Å². The maximum atomic E-state index is 12.8. The molecule has 2 unspecified atom stereocenters. The summed E-state index contributed by atoms with van der Waals surface area (Å²) in [6.07, 6.45) is 53.5. The lowest BCUT2D eigenvalue weighted by molar-refractivity contribution is -0.889. The van der Waals surface area contributed by atoms with E-state index in [2.05, 4.69) is 86.8 Å². The van der Waals surface area contributed by atoms with Crippen molar-refractivity contribution in [2.45, 2.75) is 199 Å². The Morgan fingerprint density at radius 2 is 0.983 bits per heavy atom. The second kappa shape index (κ2) is 42.5. The van der Waals surface area contributed by atoms with Gasteiger partial charge in [-0.2, -0.15) is 0 Å². The van der Waals surface area contributed by atoms with E-state index in [1.165, 1.54) is 64.2 Å². The third-order valence-electron chi connectivity index (χ3n) is 10.4. The first-order valence-corrected chi connectivity index (χ1v) is 24.0. The number of rotatable bonds is 42. The fraction of sp³-hybridized carbons (Fsp3) is 0.712. The fourth-order valence-electron chi connectivity index (χ4n) is 6.64. The zero-order valence-corrected chi connectivity index (χ0v) is 39.1. The van der Waals surface area contributed by atoms with Crippen molar-refractivity contribution in [1.82, 2.24) is 0 Å². The molecule has 0 fully saturated rings. The van der Waals surface area contributed by atoms with Crippen LogP contribution >= 0.6 is 0 Å². The first-order valence-electron chi connectivity index (χ1n) is 24.0. The highest BCUT2D eigenvalue weighted by Crippen LogP contribution is 2.13. The van der Waals surface area contributed by atoms with Crippen LogP contribution < -0.4 is 5.11 Å². The first kappa shape index (κ1) is 56.8. The molecule has 60 heavy (non-hydrogen) atoms. The first-order chi connectivity index (χ1) is 29.1. The Bertz CT molecular complexity index is 1210. The van der Waals surface area contributed by atoms with E-state index in [0.29, 0.717) is 12.8 Å². The zero-order valence-electron chi connectivity index (χ0n) is 39.1. The van der Waals surface area contributed by atoms with Gasteiger partial charge in [0.05, 0.1) is 40.3 Å². The molecule has 0 aliphatic carbocycles. The SMILES string of the molecule is CC/C=C/C/C=C/C/C=C/C/C=C/CCCCCCCCCC(=O)OC(COCCC(C(=O)[O-])[N+](C)(C)C)COC(=O)CCCCC/C=C/C=C/CCCCCCCCC. The molecule has 0 radical (unpaired) electrons. The van der Waals surface area contributed by atoms with Crippen molar-refractivity contribution in [3.63, 3.8) is 0 Å². The Labute approximate surface area is 368 Å². The predicted octanol–water partition coefficient (Wildman–Crippen LogP) is 12.2. The minimum atomic E-state index is -1.13. The molecule has 0 saturated heterocycles. The number of allylic oxidation sites excluding steroid dienone is 12. The quantitative estimate of drug-likeness (QED) is 0.0198. The van der Waals surface area contributed by atoms with E-state index in [1.807, 2.05) is 0 Å². The third kappa shape index (κ3) is 40.2. The Hall–Kier alpha value is -3.23. The number of ether oxygens (including phenoxy) is 3. The fourth-order valence-corrected chi connectivity index (χ4v) is 6.64. The molecule has 8 nitrogen and oxygen atoms in total. The van der Waals surface area contributed by atoms with Gasteiger partial charge < -0.3 is 28.6 Å². The van der Waals surface area contributed by atoms with Gasteiger partial charge in [0.25, 0.3) is 0 Å². The Kier molecular flexibility index (Phi) is 40.2. The van der Waals surface area contributed by atoms with Gasteiger partial charge >= 0.3 is 11.9 Å². The van der Waals surface area contributed by atoms with Gasteiger partial charge in [-0.15, -0.1) is 0 Å². The molecule has 0 amide bonds. The van der Waals surface area contributed by atoms with E-state index in [1.54, 1.807) is 21.1 Å². The summed E-state index contributed by atoms with van der Waals surface area (Å²) in [6.45, 7) is 4.50. The summed E-state index contributed by atoms with van der Waals surface area (Å²) in [7, 11) is 5.39. The molecule has 0 N–H and O–H groups in total. The largest absolute Gasteiger partial charge is 0.544 e. The number of carboxylic acid groups (broad SMARTS) is 1. The highest BCUT2D eigenvalue weighted by atomic mass is 16.6. The summed E-state index contributed by atoms with van der Waals surface area (Å²) < 4.78 is 17.2. The number of likely N-dealkylation sites (N-methyl/N-ethyl adjacent to an activating group) is 1. The van der Waals surface area contributed by atoms with Crippen LogP contribution in [-0.2, 0) is 28.6 Å². The van der Waals surface area contributed by atoms with Crippen LogP contribution in [0, 0.1) is 0 Å². The molecule has 0 rings (SSSR count). The number of carbonyl (C=O) groups is 3. The summed E-state index contributed by atoms with van der Waals surface area (Å²) in [4.78, 5) is 36.9. The molecule has 0 spiro atoms. The highest BCUT2D eigenvalue weighted by Gasteiger charge is 2.25. The number of aliphatic carboxylic acids is 1. The summed E-state index contributed by atoms with van der Waals surface area (Å²) in [6, 6.07) is -0.735. The Morgan fingerprint density at radius 1 is 0.533 bits per heavy atom. The van der Waals surface area contributed by atoms with Crippen LogP contribution in [0.2, 0.25) is 0 Å². The van der Waals surface area contributed by atoms with Crippen LogP contribution in [0.4, 0.5) is 0 Å². The lowest BCUT2D eigenvalue weighted by atomic mass is 10.1. The Balaban J connectivity index is 4.37. The molecule has 0 saturated carbocycles. The van der Waals surface area contributed by atoms with Gasteiger partial charge in [-0.3, -0.25) is 9.59 Å². The van der Waals surface area contributed by atoms with Gasteiger partial charge in [0, 0.05) is 19.3 Å². The number of nitrogens with zero attached hydrogens (tertiary/aromatic N) is 1. The van der Waals surface area contributed by atoms with Crippen molar-refractivity contribution in [3.8, 4) is 0 Å². The number of hydrogen-bond donors (Lipinski definition) is 0. The summed E-state index contributed by atoms with van der Waals surface area (Å²) in [5, 5.41) is 11.6. The molecule has 0 aromatic carbocycles. The van der Waals surface area contributed by atoms with Gasteiger partial charge in [0.15, 0.2) is 6.10 Å². The monoisotopic (exact) mass is 840 g/mol. The van der Waals surface area contributed by atoms with Crippen LogP contribution in [-0.4, -0.2) is 75.5 Å². The van der Waals surface area contributed by atoms with Crippen molar-refractivity contribution in [1.29, 1.82) is 0 Å². The van der Waals surface area contributed by atoms with Crippen molar-refractivity contribution >= 4 is 17.9 Å². The molecule has 344 valence electrons. The predicted molar refractivity (Wildman–Crippen MR) is 249 cm³/mol. The molecule has 0 heterocycles. The van der Waals surface area contributed by atoms with Crippen molar-refractivity contribution in [3.05, 3.63) is 72.9 Å². The van der Waals surface area contributed by atoms with E-state index in [9.17, 15) is 19.5 Å². The second-order valence-corrected chi connectivity index (χ2v) is 17.0. The molecule has 0 aliphatic rings. The molecule has 2 atom stereocenters. The molecule has 0 bridgehead atoms. The lowest BCUT2D eigenvalue weighted by Gasteiger charge is -2.34. The number of esters is 2. The van der Waals surface area contributed by atoms with Crippen molar-refractivity contribution in [2.24, 2.45) is 0 Å². The summed E-state index contributed by atoms with van der Waals surface area (Å²) in [5.74, 6) is -1.79. The zero-order chi connectivity index (χ0) is 44.2. The minimum absolute atomic E-state index is 0.0245. The third-order valence-corrected chi connectivity index (χ3v) is 10.4. The van der Waals surface area contributed by atoms with Crippen molar-refractivity contribution in [2.75, 3.05) is 41.0 Å². The maximum Gasteiger partial charge on any atom is 0.306 e. The van der Waals surface area contributed by atoms with E-state index < -0.39 is 18.1 Å². The van der Waals surface area contributed by atoms with Crippen LogP contribution in [0.3, 0.4) is 0 Å². The number of hydrogen-bond acceptors (Lipinski definition) is 7. The highest BCUT2D eigenvalue weighted by molar-refractivity contribution is 5.70. The average molecular weight is 840 g/mol. The van der Waals surface area contributed by atoms with Gasteiger partial charge in [0.1, 0.15) is 12.6 Å². The maximum absolute atomic E-state index is 12.8. The number of quaternary nitrogens is 1. The van der Waals surface area contributed by atoms with Crippen LogP contribution in [0.5, 0.6) is 0 Å². The van der Waals surface area contributed by atoms with Crippen molar-refractivity contribution < 1.29 is 38.2 Å². The molecule has 0 aliphatic heterocycles. The van der Waals surface area contributed by atoms with E-state index in [-0.39, 0.29) is 42.7 Å². The molecular formula is C52H89NO7. The Morgan fingerprint density at radius 3 is 1.50 bits per heavy atom. The van der Waals surface area contributed by atoms with Gasteiger partial charge in [-0.1, -0.05) is 164 Å². The number of carbonyl (C=O) groups excluding carboxylic acids is 3. The average Bonchev–Trinajstić information content (AvgIpc) is 3.21. The molecular weight excluding hydrogens is 751 g/mol. The van der Waals surface area contributed by atoms with Crippen LogP contribution in [0.1, 0.15) is 187 Å². The standard InChI is InChI=1S/C52H89NO7/c1-6-8-10-12-14-16-18-20-22-24-25-26-27-29-31-33-35-37-39-41-43-51(55)60-48(46-58-45-44-49(52(56)57)53(3,4)5)47-59-50(54)42-40-38-36-34-32-30-28-23-21-19-17-15-13-11-9-7-2/h8,10,14,16,20,22-23,25-26,28,30,32,48-49H,6-7,9,11-13,15,17-19,21,24,27,29,31,33-47H2,1-5H3/b10-8+,16-14+,22-20+,26-25+,28-23+,32-30+. The summed E-state index contributed by atoms with van der Waals surface area (Å²) in [5.41, 5.74) is 0. The lowest BCUT2D eigenvalue weighted by Crippen LogP contribution is -2.55. The van der Waals surface area contributed by atoms with E-state index >= 15 is 0 Å². The van der Waals surface area contributed by atoms with E-state index in [0.717, 1.165) is 89.9 Å². The topological polar surface area (TPSA) is 102 Å². The van der Waals surface area contributed by atoms with E-state index in [4.69, 9.17) is 14.2 Å². The summed E-state index contributed by atoms with van der Waals surface area (Å²) >= 11 is 0. The smallest absolute Gasteiger partial charge is 0.306 e. The molecule has 8 heteroatoms. The second-order valence-electron chi connectivity index (χ2n) is 17.0. The normalized spacial score (nSPS) is 13.6.